The molecular formula is C16H31N. The Hall–Kier alpha value is -0.300. The van der Waals surface area contributed by atoms with E-state index in [9.17, 15) is 0 Å². The number of hydrogen-bond acceptors (Lipinski definition) is 1. The second-order valence-corrected chi connectivity index (χ2v) is 6.14. The third-order valence-electron chi connectivity index (χ3n) is 4.92. The molecule has 0 aromatic rings. The summed E-state index contributed by atoms with van der Waals surface area (Å²) in [4.78, 5) is 2.57. The van der Waals surface area contributed by atoms with Gasteiger partial charge in [-0.3, -0.25) is 0 Å². The maximum absolute atomic E-state index is 4.12. The largest absolute Gasteiger partial charge is 0.304 e. The number of allylic oxidation sites excluding steroid dienone is 1. The first-order valence-electron chi connectivity index (χ1n) is 7.41. The van der Waals surface area contributed by atoms with Crippen molar-refractivity contribution in [1.82, 2.24) is 4.90 Å². The Balaban J connectivity index is 2.58. The molecule has 0 radical (unpaired) electrons. The molecule has 1 aliphatic rings. The summed E-state index contributed by atoms with van der Waals surface area (Å²) >= 11 is 0. The van der Waals surface area contributed by atoms with E-state index in [0.29, 0.717) is 5.41 Å². The van der Waals surface area contributed by atoms with Crippen LogP contribution >= 0.6 is 0 Å². The zero-order chi connectivity index (χ0) is 12.9. The fraction of sp³-hybridized carbons (Fsp3) is 0.875. The zero-order valence-corrected chi connectivity index (χ0v) is 12.3. The normalized spacial score (nSPS) is 24.2. The molecule has 1 nitrogen and oxygen atoms in total. The molecular weight excluding hydrogens is 206 g/mol. The maximum atomic E-state index is 4.12. The van der Waals surface area contributed by atoms with E-state index < -0.39 is 0 Å². The molecule has 17 heavy (non-hydrogen) atoms. The lowest BCUT2D eigenvalue weighted by Crippen LogP contribution is -2.39. The van der Waals surface area contributed by atoms with Gasteiger partial charge in [0.1, 0.15) is 0 Å². The Kier molecular flexibility index (Phi) is 5.72. The fourth-order valence-corrected chi connectivity index (χ4v) is 3.22. The van der Waals surface area contributed by atoms with Gasteiger partial charge >= 0.3 is 0 Å². The standard InChI is InChI=1S/C16H31N/c1-6-14(4)13-16(5,7-2)15-9-11-17(8-3)12-10-15/h7,14-15H,2,6,8-13H2,1,3-5H3. The summed E-state index contributed by atoms with van der Waals surface area (Å²) in [7, 11) is 0. The molecule has 0 aromatic heterocycles. The molecule has 0 aliphatic carbocycles. The van der Waals surface area contributed by atoms with E-state index in [2.05, 4.69) is 45.2 Å². The van der Waals surface area contributed by atoms with Crippen molar-refractivity contribution in [3.8, 4) is 0 Å². The van der Waals surface area contributed by atoms with Crippen LogP contribution in [-0.2, 0) is 0 Å². The molecule has 2 unspecified atom stereocenters. The van der Waals surface area contributed by atoms with Crippen LogP contribution < -0.4 is 0 Å². The van der Waals surface area contributed by atoms with Gasteiger partial charge in [-0.05, 0) is 56.1 Å². The molecule has 1 heteroatoms. The lowest BCUT2D eigenvalue weighted by Gasteiger charge is -2.42. The Morgan fingerprint density at radius 3 is 2.35 bits per heavy atom. The van der Waals surface area contributed by atoms with Crippen molar-refractivity contribution >= 4 is 0 Å². The van der Waals surface area contributed by atoms with Crippen LogP contribution in [0.5, 0.6) is 0 Å². The highest BCUT2D eigenvalue weighted by atomic mass is 15.1. The summed E-state index contributed by atoms with van der Waals surface area (Å²) < 4.78 is 0. The van der Waals surface area contributed by atoms with Crippen LogP contribution in [0.25, 0.3) is 0 Å². The summed E-state index contributed by atoms with van der Waals surface area (Å²) in [5.41, 5.74) is 0.356. The van der Waals surface area contributed by atoms with Crippen molar-refractivity contribution in [2.24, 2.45) is 17.3 Å². The molecule has 0 saturated carbocycles. The molecule has 1 saturated heterocycles. The van der Waals surface area contributed by atoms with E-state index in [0.717, 1.165) is 11.8 Å². The van der Waals surface area contributed by atoms with Gasteiger partial charge in [-0.2, -0.15) is 0 Å². The summed E-state index contributed by atoms with van der Waals surface area (Å²) in [6.45, 7) is 17.3. The Morgan fingerprint density at radius 1 is 1.35 bits per heavy atom. The monoisotopic (exact) mass is 237 g/mol. The Labute approximate surface area is 108 Å². The SMILES string of the molecule is C=CC(C)(CC(C)CC)C1CCN(CC)CC1. The van der Waals surface area contributed by atoms with Gasteiger partial charge in [0.05, 0.1) is 0 Å². The molecule has 1 aliphatic heterocycles. The quantitative estimate of drug-likeness (QED) is 0.621. The van der Waals surface area contributed by atoms with Gasteiger partial charge in [0.15, 0.2) is 0 Å². The Morgan fingerprint density at radius 2 is 1.94 bits per heavy atom. The second-order valence-electron chi connectivity index (χ2n) is 6.14. The first kappa shape index (κ1) is 14.8. The minimum atomic E-state index is 0.356. The number of rotatable bonds is 6. The van der Waals surface area contributed by atoms with Crippen molar-refractivity contribution in [3.05, 3.63) is 12.7 Å². The lowest BCUT2D eigenvalue weighted by molar-refractivity contribution is 0.105. The lowest BCUT2D eigenvalue weighted by atomic mass is 9.67. The first-order valence-corrected chi connectivity index (χ1v) is 7.41. The third kappa shape index (κ3) is 3.84. The number of hydrogen-bond donors (Lipinski definition) is 0. The average Bonchev–Trinajstić information content (AvgIpc) is 2.38. The highest BCUT2D eigenvalue weighted by Crippen LogP contribution is 2.41. The van der Waals surface area contributed by atoms with E-state index in [1.807, 2.05) is 0 Å². The molecule has 1 rings (SSSR count). The van der Waals surface area contributed by atoms with E-state index in [1.54, 1.807) is 0 Å². The van der Waals surface area contributed by atoms with E-state index in [1.165, 1.54) is 45.3 Å². The highest BCUT2D eigenvalue weighted by Gasteiger charge is 2.34. The maximum Gasteiger partial charge on any atom is -0.00159 e. The number of likely N-dealkylation sites (tertiary alicyclic amines) is 1. The van der Waals surface area contributed by atoms with Gasteiger partial charge in [0, 0.05) is 0 Å². The summed E-state index contributed by atoms with van der Waals surface area (Å²) in [5, 5.41) is 0. The molecule has 100 valence electrons. The van der Waals surface area contributed by atoms with Crippen LogP contribution in [-0.4, -0.2) is 24.5 Å². The van der Waals surface area contributed by atoms with E-state index in [-0.39, 0.29) is 0 Å². The molecule has 0 amide bonds. The third-order valence-corrected chi connectivity index (χ3v) is 4.92. The predicted molar refractivity (Wildman–Crippen MR) is 77.2 cm³/mol. The average molecular weight is 237 g/mol. The van der Waals surface area contributed by atoms with Crippen LogP contribution in [0.15, 0.2) is 12.7 Å². The van der Waals surface area contributed by atoms with Crippen LogP contribution in [0, 0.1) is 17.3 Å². The van der Waals surface area contributed by atoms with Gasteiger partial charge in [0.2, 0.25) is 0 Å². The summed E-state index contributed by atoms with van der Waals surface area (Å²) in [6.07, 6.45) is 7.55. The summed E-state index contributed by atoms with van der Waals surface area (Å²) in [6, 6.07) is 0. The van der Waals surface area contributed by atoms with Crippen molar-refractivity contribution in [3.63, 3.8) is 0 Å². The molecule has 0 N–H and O–H groups in total. The number of nitrogens with zero attached hydrogens (tertiary/aromatic N) is 1. The minimum absolute atomic E-state index is 0.356. The van der Waals surface area contributed by atoms with Crippen molar-refractivity contribution in [2.75, 3.05) is 19.6 Å². The molecule has 2 atom stereocenters. The first-order chi connectivity index (χ1) is 8.05. The van der Waals surface area contributed by atoms with Gasteiger partial charge in [-0.1, -0.05) is 40.2 Å². The molecule has 1 heterocycles. The molecule has 0 aromatic carbocycles. The fourth-order valence-electron chi connectivity index (χ4n) is 3.22. The van der Waals surface area contributed by atoms with Crippen LogP contribution in [0.4, 0.5) is 0 Å². The van der Waals surface area contributed by atoms with Crippen molar-refractivity contribution in [1.29, 1.82) is 0 Å². The van der Waals surface area contributed by atoms with Crippen LogP contribution in [0.2, 0.25) is 0 Å². The van der Waals surface area contributed by atoms with E-state index >= 15 is 0 Å². The van der Waals surface area contributed by atoms with Crippen molar-refractivity contribution < 1.29 is 0 Å². The van der Waals surface area contributed by atoms with E-state index in [4.69, 9.17) is 0 Å². The van der Waals surface area contributed by atoms with Gasteiger partial charge in [-0.15, -0.1) is 6.58 Å². The van der Waals surface area contributed by atoms with Gasteiger partial charge < -0.3 is 4.90 Å². The molecule has 0 spiro atoms. The minimum Gasteiger partial charge on any atom is -0.304 e. The van der Waals surface area contributed by atoms with Crippen molar-refractivity contribution in [2.45, 2.75) is 53.4 Å². The summed E-state index contributed by atoms with van der Waals surface area (Å²) in [5.74, 6) is 1.67. The highest BCUT2D eigenvalue weighted by molar-refractivity contribution is 4.98. The molecule has 0 bridgehead atoms. The predicted octanol–water partition coefficient (Wildman–Crippen LogP) is 4.35. The zero-order valence-electron chi connectivity index (χ0n) is 12.3. The van der Waals surface area contributed by atoms with Gasteiger partial charge in [-0.25, -0.2) is 0 Å². The topological polar surface area (TPSA) is 3.24 Å². The van der Waals surface area contributed by atoms with Gasteiger partial charge in [0.25, 0.3) is 0 Å². The Bertz CT molecular complexity index is 228. The van der Waals surface area contributed by atoms with Crippen LogP contribution in [0.1, 0.15) is 53.4 Å². The molecule has 1 fully saturated rings. The van der Waals surface area contributed by atoms with Crippen LogP contribution in [0.3, 0.4) is 0 Å². The second kappa shape index (κ2) is 6.58. The smallest absolute Gasteiger partial charge is 0.00159 e. The number of piperidine rings is 1.